The van der Waals surface area contributed by atoms with Crippen LogP contribution < -0.4 is 15.2 Å². The van der Waals surface area contributed by atoms with Gasteiger partial charge >= 0.3 is 0 Å². The zero-order valence-electron chi connectivity index (χ0n) is 10.3. The number of hydrogen-bond donors (Lipinski definition) is 1. The SMILES string of the molecule is COc1cc(C)c(-c2cc(N)no2)c(Br)c1OC. The van der Waals surface area contributed by atoms with Crippen LogP contribution in [0, 0.1) is 6.92 Å². The van der Waals surface area contributed by atoms with Crippen LogP contribution in [0.5, 0.6) is 11.5 Å². The van der Waals surface area contributed by atoms with Crippen molar-refractivity contribution in [2.45, 2.75) is 6.92 Å². The Morgan fingerprint density at radius 1 is 1.28 bits per heavy atom. The number of aryl methyl sites for hydroxylation is 1. The van der Waals surface area contributed by atoms with Gasteiger partial charge in [0.15, 0.2) is 23.1 Å². The number of nitrogen functional groups attached to an aromatic ring is 1. The van der Waals surface area contributed by atoms with Crippen molar-refractivity contribution >= 4 is 21.7 Å². The van der Waals surface area contributed by atoms with E-state index in [9.17, 15) is 0 Å². The summed E-state index contributed by atoms with van der Waals surface area (Å²) in [5.74, 6) is 2.18. The highest BCUT2D eigenvalue weighted by atomic mass is 79.9. The van der Waals surface area contributed by atoms with Gasteiger partial charge < -0.3 is 19.7 Å². The van der Waals surface area contributed by atoms with Crippen molar-refractivity contribution in [2.75, 3.05) is 20.0 Å². The molecule has 0 saturated carbocycles. The number of hydrogen-bond acceptors (Lipinski definition) is 5. The summed E-state index contributed by atoms with van der Waals surface area (Å²) in [6, 6.07) is 3.54. The Kier molecular flexibility index (Phi) is 3.47. The van der Waals surface area contributed by atoms with Gasteiger partial charge in [0, 0.05) is 11.6 Å². The number of anilines is 1. The topological polar surface area (TPSA) is 70.5 Å². The van der Waals surface area contributed by atoms with Gasteiger partial charge in [-0.25, -0.2) is 0 Å². The quantitative estimate of drug-likeness (QED) is 0.943. The highest BCUT2D eigenvalue weighted by molar-refractivity contribution is 9.10. The number of rotatable bonds is 3. The van der Waals surface area contributed by atoms with Crippen LogP contribution in [0.15, 0.2) is 21.1 Å². The molecule has 0 saturated heterocycles. The van der Waals surface area contributed by atoms with Crippen molar-refractivity contribution in [2.24, 2.45) is 0 Å². The Labute approximate surface area is 113 Å². The monoisotopic (exact) mass is 312 g/mol. The molecule has 1 aromatic heterocycles. The smallest absolute Gasteiger partial charge is 0.175 e. The maximum atomic E-state index is 5.57. The summed E-state index contributed by atoms with van der Waals surface area (Å²) in [4.78, 5) is 0. The van der Waals surface area contributed by atoms with Crippen LogP contribution in [0.4, 0.5) is 5.82 Å². The molecule has 0 fully saturated rings. The molecule has 18 heavy (non-hydrogen) atoms. The number of ether oxygens (including phenoxy) is 2. The van der Waals surface area contributed by atoms with E-state index in [2.05, 4.69) is 21.1 Å². The number of methoxy groups -OCH3 is 2. The maximum absolute atomic E-state index is 5.57. The van der Waals surface area contributed by atoms with E-state index >= 15 is 0 Å². The lowest BCUT2D eigenvalue weighted by Crippen LogP contribution is -1.95. The number of nitrogens with zero attached hydrogens (tertiary/aromatic N) is 1. The average molecular weight is 313 g/mol. The second kappa shape index (κ2) is 4.89. The highest BCUT2D eigenvalue weighted by Gasteiger charge is 2.19. The second-order valence-electron chi connectivity index (χ2n) is 3.73. The molecule has 1 heterocycles. The molecule has 2 N–H and O–H groups in total. The number of aromatic nitrogens is 1. The minimum atomic E-state index is 0.339. The van der Waals surface area contributed by atoms with Crippen molar-refractivity contribution in [3.8, 4) is 22.8 Å². The van der Waals surface area contributed by atoms with Gasteiger partial charge in [-0.15, -0.1) is 0 Å². The molecule has 6 heteroatoms. The Hall–Kier alpha value is -1.69. The first-order chi connectivity index (χ1) is 8.58. The molecule has 0 aliphatic rings. The van der Waals surface area contributed by atoms with Gasteiger partial charge in [-0.1, -0.05) is 5.16 Å². The molecular weight excluding hydrogens is 300 g/mol. The molecule has 2 rings (SSSR count). The molecular formula is C12H13BrN2O3. The first kappa shape index (κ1) is 12.8. The molecule has 96 valence electrons. The fourth-order valence-electron chi connectivity index (χ4n) is 1.78. The molecule has 0 atom stereocenters. The van der Waals surface area contributed by atoms with E-state index in [-0.39, 0.29) is 0 Å². The molecule has 5 nitrogen and oxygen atoms in total. The molecule has 1 aromatic carbocycles. The number of benzene rings is 1. The van der Waals surface area contributed by atoms with E-state index in [0.717, 1.165) is 15.6 Å². The van der Waals surface area contributed by atoms with Crippen molar-refractivity contribution in [3.05, 3.63) is 22.2 Å². The summed E-state index contributed by atoms with van der Waals surface area (Å²) in [7, 11) is 3.17. The third kappa shape index (κ3) is 2.03. The first-order valence-electron chi connectivity index (χ1n) is 5.22. The van der Waals surface area contributed by atoms with Crippen LogP contribution in [-0.2, 0) is 0 Å². The Bertz CT molecular complexity index is 581. The third-order valence-electron chi connectivity index (χ3n) is 2.58. The predicted octanol–water partition coefficient (Wildman–Crippen LogP) is 3.01. The maximum Gasteiger partial charge on any atom is 0.175 e. The minimum absolute atomic E-state index is 0.339. The zero-order valence-corrected chi connectivity index (χ0v) is 11.9. The molecule has 0 spiro atoms. The van der Waals surface area contributed by atoms with Crippen LogP contribution >= 0.6 is 15.9 Å². The van der Waals surface area contributed by atoms with Gasteiger partial charge in [0.25, 0.3) is 0 Å². The van der Waals surface area contributed by atoms with E-state index < -0.39 is 0 Å². The summed E-state index contributed by atoms with van der Waals surface area (Å²) in [6.45, 7) is 1.95. The van der Waals surface area contributed by atoms with E-state index in [1.807, 2.05) is 13.0 Å². The lowest BCUT2D eigenvalue weighted by atomic mass is 10.1. The largest absolute Gasteiger partial charge is 0.493 e. The van der Waals surface area contributed by atoms with Gasteiger partial charge in [-0.2, -0.15) is 0 Å². The number of nitrogens with two attached hydrogens (primary N) is 1. The van der Waals surface area contributed by atoms with Crippen molar-refractivity contribution < 1.29 is 14.0 Å². The van der Waals surface area contributed by atoms with Crippen molar-refractivity contribution in [3.63, 3.8) is 0 Å². The summed E-state index contributed by atoms with van der Waals surface area (Å²) in [5, 5.41) is 3.68. The van der Waals surface area contributed by atoms with Crippen LogP contribution in [-0.4, -0.2) is 19.4 Å². The van der Waals surface area contributed by atoms with Gasteiger partial charge in [-0.05, 0) is 34.5 Å². The highest BCUT2D eigenvalue weighted by Crippen LogP contribution is 2.44. The van der Waals surface area contributed by atoms with Gasteiger partial charge in [0.1, 0.15) is 0 Å². The summed E-state index contributed by atoms with van der Waals surface area (Å²) >= 11 is 3.50. The predicted molar refractivity (Wildman–Crippen MR) is 71.9 cm³/mol. The lowest BCUT2D eigenvalue weighted by Gasteiger charge is -2.14. The fourth-order valence-corrected chi connectivity index (χ4v) is 2.65. The summed E-state index contributed by atoms with van der Waals surface area (Å²) in [5.41, 5.74) is 7.38. The van der Waals surface area contributed by atoms with Gasteiger partial charge in [-0.3, -0.25) is 0 Å². The van der Waals surface area contributed by atoms with E-state index in [1.54, 1.807) is 20.3 Å². The van der Waals surface area contributed by atoms with Gasteiger partial charge in [0.05, 0.1) is 18.7 Å². The summed E-state index contributed by atoms with van der Waals surface area (Å²) in [6.07, 6.45) is 0. The minimum Gasteiger partial charge on any atom is -0.493 e. The second-order valence-corrected chi connectivity index (χ2v) is 4.53. The zero-order chi connectivity index (χ0) is 13.3. The average Bonchev–Trinajstić information content (AvgIpc) is 2.75. The Balaban J connectivity index is 2.68. The van der Waals surface area contributed by atoms with Crippen LogP contribution in [0.25, 0.3) is 11.3 Å². The normalized spacial score (nSPS) is 10.4. The molecule has 0 unspecified atom stereocenters. The summed E-state index contributed by atoms with van der Waals surface area (Å²) < 4.78 is 16.5. The van der Waals surface area contributed by atoms with Crippen LogP contribution in [0.1, 0.15) is 5.56 Å². The molecule has 0 aliphatic heterocycles. The Morgan fingerprint density at radius 3 is 2.50 bits per heavy atom. The molecule has 0 radical (unpaired) electrons. The van der Waals surface area contributed by atoms with E-state index in [0.29, 0.717) is 23.1 Å². The molecule has 2 aromatic rings. The lowest BCUT2D eigenvalue weighted by molar-refractivity contribution is 0.352. The van der Waals surface area contributed by atoms with Crippen LogP contribution in [0.2, 0.25) is 0 Å². The standard InChI is InChI=1S/C12H13BrN2O3/c1-6-4-8(16-2)12(17-3)11(13)10(6)7-5-9(14)15-18-7/h4-5H,1-3H3,(H2,14,15). The first-order valence-corrected chi connectivity index (χ1v) is 6.01. The van der Waals surface area contributed by atoms with Gasteiger partial charge in [0.2, 0.25) is 0 Å². The third-order valence-corrected chi connectivity index (χ3v) is 3.34. The fraction of sp³-hybridized carbons (Fsp3) is 0.250. The van der Waals surface area contributed by atoms with E-state index in [1.165, 1.54) is 0 Å². The van der Waals surface area contributed by atoms with Crippen molar-refractivity contribution in [1.82, 2.24) is 5.16 Å². The van der Waals surface area contributed by atoms with E-state index in [4.69, 9.17) is 19.7 Å². The van der Waals surface area contributed by atoms with Crippen molar-refractivity contribution in [1.29, 1.82) is 0 Å². The Morgan fingerprint density at radius 2 is 2.00 bits per heavy atom. The molecule has 0 amide bonds. The molecule has 0 bridgehead atoms. The van der Waals surface area contributed by atoms with Crippen LogP contribution in [0.3, 0.4) is 0 Å². The molecule has 0 aliphatic carbocycles. The number of halogens is 1.